The molecular formula is C8H9N3O4. The molecule has 15 heavy (non-hydrogen) atoms. The lowest BCUT2D eigenvalue weighted by Crippen LogP contribution is -2.44. The van der Waals surface area contributed by atoms with E-state index in [4.69, 9.17) is 15.6 Å². The molecule has 0 rings (SSSR count). The van der Waals surface area contributed by atoms with E-state index in [1.54, 1.807) is 12.1 Å². The van der Waals surface area contributed by atoms with Gasteiger partial charge in [-0.3, -0.25) is 14.5 Å². The third kappa shape index (κ3) is 4.60. The molecule has 0 aromatic rings. The van der Waals surface area contributed by atoms with Crippen LogP contribution in [0.25, 0.3) is 0 Å². The average Bonchev–Trinajstić information content (AvgIpc) is 2.18. The van der Waals surface area contributed by atoms with Gasteiger partial charge in [-0.1, -0.05) is 0 Å². The smallest absolute Gasteiger partial charge is 0.324 e. The minimum Gasteiger partial charge on any atom is -0.480 e. The third-order valence-corrected chi connectivity index (χ3v) is 1.60. The second-order valence-electron chi connectivity index (χ2n) is 2.50. The highest BCUT2D eigenvalue weighted by Gasteiger charge is 2.25. The summed E-state index contributed by atoms with van der Waals surface area (Å²) in [6.07, 6.45) is 0. The molecule has 1 unspecified atom stereocenters. The lowest BCUT2D eigenvalue weighted by atomic mass is 10.2. The normalized spacial score (nSPS) is 11.1. The van der Waals surface area contributed by atoms with Crippen LogP contribution in [0.15, 0.2) is 0 Å². The summed E-state index contributed by atoms with van der Waals surface area (Å²) in [6.45, 7) is -0.700. The van der Waals surface area contributed by atoms with Crippen molar-refractivity contribution in [3.8, 4) is 12.1 Å². The van der Waals surface area contributed by atoms with Gasteiger partial charge in [0.25, 0.3) is 6.47 Å². The van der Waals surface area contributed by atoms with Crippen molar-refractivity contribution in [2.24, 2.45) is 0 Å². The number of carbonyl (C=O) groups excluding carboxylic acids is 1. The second-order valence-corrected chi connectivity index (χ2v) is 2.50. The van der Waals surface area contributed by atoms with Crippen molar-refractivity contribution in [2.75, 3.05) is 19.7 Å². The Labute approximate surface area is 86.1 Å². The fourth-order valence-corrected chi connectivity index (χ4v) is 0.921. The quantitative estimate of drug-likeness (QED) is 0.422. The summed E-state index contributed by atoms with van der Waals surface area (Å²) >= 11 is 0. The van der Waals surface area contributed by atoms with Crippen LogP contribution in [0, 0.1) is 22.7 Å². The molecule has 0 heterocycles. The molecule has 0 aliphatic rings. The standard InChI is InChI=1S/C8H9N3O4/c9-1-3-11(4-2-10)7(8(13)14)5-15-6-12/h6-7H,3-5H2,(H,13,14). The molecule has 7 nitrogen and oxygen atoms in total. The lowest BCUT2D eigenvalue weighted by Gasteiger charge is -2.22. The molecule has 0 spiro atoms. The number of nitriles is 2. The molecule has 0 saturated heterocycles. The number of carboxylic acid groups (broad SMARTS) is 1. The number of carbonyl (C=O) groups is 2. The Hall–Kier alpha value is -2.12. The van der Waals surface area contributed by atoms with Gasteiger partial charge in [0.2, 0.25) is 0 Å². The molecule has 0 bridgehead atoms. The predicted molar refractivity (Wildman–Crippen MR) is 46.2 cm³/mol. The number of ether oxygens (including phenoxy) is 1. The summed E-state index contributed by atoms with van der Waals surface area (Å²) in [5.41, 5.74) is 0. The van der Waals surface area contributed by atoms with Crippen LogP contribution in [0.2, 0.25) is 0 Å². The van der Waals surface area contributed by atoms with Crippen LogP contribution in [0.4, 0.5) is 0 Å². The molecule has 1 N–H and O–H groups in total. The number of nitrogens with zero attached hydrogens (tertiary/aromatic N) is 3. The monoisotopic (exact) mass is 211 g/mol. The maximum Gasteiger partial charge on any atom is 0.324 e. The Morgan fingerprint density at radius 1 is 1.47 bits per heavy atom. The summed E-state index contributed by atoms with van der Waals surface area (Å²) < 4.78 is 4.31. The highest BCUT2D eigenvalue weighted by molar-refractivity contribution is 5.73. The number of carboxylic acids is 1. The SMILES string of the molecule is N#CCN(CC#N)C(COC=O)C(=O)O. The first-order chi connectivity index (χ1) is 7.17. The van der Waals surface area contributed by atoms with Gasteiger partial charge in [0.15, 0.2) is 0 Å². The Balaban J connectivity index is 4.53. The van der Waals surface area contributed by atoms with Gasteiger partial charge >= 0.3 is 5.97 Å². The fourth-order valence-electron chi connectivity index (χ4n) is 0.921. The van der Waals surface area contributed by atoms with E-state index in [1.807, 2.05) is 0 Å². The molecule has 7 heteroatoms. The van der Waals surface area contributed by atoms with Crippen LogP contribution in [-0.4, -0.2) is 48.2 Å². The number of hydrogen-bond donors (Lipinski definition) is 1. The first kappa shape index (κ1) is 12.9. The number of hydrogen-bond acceptors (Lipinski definition) is 6. The molecule has 0 aliphatic carbocycles. The first-order valence-electron chi connectivity index (χ1n) is 3.93. The van der Waals surface area contributed by atoms with Crippen molar-refractivity contribution < 1.29 is 19.4 Å². The van der Waals surface area contributed by atoms with Crippen LogP contribution in [0.3, 0.4) is 0 Å². The zero-order valence-corrected chi connectivity index (χ0v) is 7.79. The molecule has 0 amide bonds. The maximum absolute atomic E-state index is 10.7. The highest BCUT2D eigenvalue weighted by Crippen LogP contribution is 1.99. The summed E-state index contributed by atoms with van der Waals surface area (Å²) in [5, 5.41) is 25.6. The number of rotatable bonds is 7. The van der Waals surface area contributed by atoms with E-state index in [2.05, 4.69) is 4.74 Å². The van der Waals surface area contributed by atoms with Gasteiger partial charge in [0, 0.05) is 0 Å². The Kier molecular flexibility index (Phi) is 6.27. The van der Waals surface area contributed by atoms with Crippen LogP contribution >= 0.6 is 0 Å². The Morgan fingerprint density at radius 3 is 2.33 bits per heavy atom. The first-order valence-corrected chi connectivity index (χ1v) is 3.93. The molecule has 0 saturated carbocycles. The molecule has 1 atom stereocenters. The second kappa shape index (κ2) is 7.30. The van der Waals surface area contributed by atoms with E-state index in [0.29, 0.717) is 0 Å². The van der Waals surface area contributed by atoms with Crippen LogP contribution < -0.4 is 0 Å². The van der Waals surface area contributed by atoms with Gasteiger partial charge < -0.3 is 9.84 Å². The van der Waals surface area contributed by atoms with E-state index >= 15 is 0 Å². The maximum atomic E-state index is 10.7. The van der Waals surface area contributed by atoms with Crippen LogP contribution in [-0.2, 0) is 14.3 Å². The molecule has 0 radical (unpaired) electrons. The van der Waals surface area contributed by atoms with Gasteiger partial charge in [-0.2, -0.15) is 10.5 Å². The summed E-state index contributed by atoms with van der Waals surface area (Å²) in [7, 11) is 0. The van der Waals surface area contributed by atoms with Crippen LogP contribution in [0.1, 0.15) is 0 Å². The Morgan fingerprint density at radius 2 is 2.00 bits per heavy atom. The molecule has 0 aliphatic heterocycles. The van der Waals surface area contributed by atoms with Gasteiger partial charge in [0.1, 0.15) is 12.6 Å². The summed E-state index contributed by atoms with van der Waals surface area (Å²) in [6, 6.07) is 2.29. The largest absolute Gasteiger partial charge is 0.480 e. The van der Waals surface area contributed by atoms with E-state index in [-0.39, 0.29) is 26.2 Å². The molecule has 0 aromatic carbocycles. The van der Waals surface area contributed by atoms with E-state index in [1.165, 1.54) is 0 Å². The molecule has 80 valence electrons. The Bertz CT molecular complexity index is 288. The minimum absolute atomic E-state index is 0.118. The fraction of sp³-hybridized carbons (Fsp3) is 0.500. The molecular weight excluding hydrogens is 202 g/mol. The average molecular weight is 211 g/mol. The molecule has 0 aromatic heterocycles. The zero-order valence-electron chi connectivity index (χ0n) is 7.79. The van der Waals surface area contributed by atoms with Crippen LogP contribution in [0.5, 0.6) is 0 Å². The van der Waals surface area contributed by atoms with Gasteiger partial charge in [-0.25, -0.2) is 0 Å². The molecule has 0 fully saturated rings. The summed E-state index contributed by atoms with van der Waals surface area (Å²) in [5.74, 6) is -1.25. The van der Waals surface area contributed by atoms with E-state index in [9.17, 15) is 9.59 Å². The van der Waals surface area contributed by atoms with Crippen molar-refractivity contribution in [1.82, 2.24) is 4.90 Å². The topological polar surface area (TPSA) is 114 Å². The number of aliphatic carboxylic acids is 1. The predicted octanol–water partition coefficient (Wildman–Crippen LogP) is -1.04. The minimum atomic E-state index is -1.25. The van der Waals surface area contributed by atoms with Crippen molar-refractivity contribution in [1.29, 1.82) is 10.5 Å². The lowest BCUT2D eigenvalue weighted by molar-refractivity contribution is -0.146. The van der Waals surface area contributed by atoms with Gasteiger partial charge in [-0.15, -0.1) is 0 Å². The van der Waals surface area contributed by atoms with Crippen molar-refractivity contribution in [3.63, 3.8) is 0 Å². The summed E-state index contributed by atoms with van der Waals surface area (Å²) in [4.78, 5) is 21.7. The van der Waals surface area contributed by atoms with E-state index < -0.39 is 12.0 Å². The van der Waals surface area contributed by atoms with Crippen molar-refractivity contribution in [3.05, 3.63) is 0 Å². The van der Waals surface area contributed by atoms with E-state index in [0.717, 1.165) is 4.90 Å². The third-order valence-electron chi connectivity index (χ3n) is 1.60. The van der Waals surface area contributed by atoms with Gasteiger partial charge in [0.05, 0.1) is 25.2 Å². The van der Waals surface area contributed by atoms with Gasteiger partial charge in [-0.05, 0) is 0 Å². The zero-order chi connectivity index (χ0) is 11.7. The van der Waals surface area contributed by atoms with Crippen molar-refractivity contribution in [2.45, 2.75) is 6.04 Å². The highest BCUT2D eigenvalue weighted by atomic mass is 16.5. The van der Waals surface area contributed by atoms with Crippen molar-refractivity contribution >= 4 is 12.4 Å².